The molecule has 178 valence electrons. The van der Waals surface area contributed by atoms with E-state index in [4.69, 9.17) is 27.9 Å². The second-order valence-electron chi connectivity index (χ2n) is 7.92. The molecule has 12 heteroatoms. The lowest BCUT2D eigenvalue weighted by atomic mass is 10.1. The van der Waals surface area contributed by atoms with Crippen LogP contribution in [0.4, 0.5) is 18.9 Å². The van der Waals surface area contributed by atoms with Gasteiger partial charge in [0.2, 0.25) is 5.91 Å². The van der Waals surface area contributed by atoms with Gasteiger partial charge in [-0.15, -0.1) is 0 Å². The molecule has 2 aliphatic heterocycles. The Morgan fingerprint density at radius 1 is 1.15 bits per heavy atom. The average molecular weight is 505 g/mol. The minimum atomic E-state index is -4.59. The molecule has 1 unspecified atom stereocenters. The molecule has 2 aromatic rings. The fourth-order valence-electron chi connectivity index (χ4n) is 4.04. The van der Waals surface area contributed by atoms with E-state index in [1.54, 1.807) is 4.90 Å². The summed E-state index contributed by atoms with van der Waals surface area (Å²) in [7, 11) is 0. The van der Waals surface area contributed by atoms with Crippen LogP contribution in [-0.2, 0) is 22.3 Å². The summed E-state index contributed by atoms with van der Waals surface area (Å²) in [5.41, 5.74) is -1.23. The van der Waals surface area contributed by atoms with Gasteiger partial charge in [-0.25, -0.2) is 0 Å². The molecule has 1 aromatic heterocycles. The highest BCUT2D eigenvalue weighted by atomic mass is 35.5. The Morgan fingerprint density at radius 3 is 2.61 bits per heavy atom. The number of piperazine rings is 1. The highest BCUT2D eigenvalue weighted by Gasteiger charge is 2.36. The predicted octanol–water partition coefficient (Wildman–Crippen LogP) is 4.12. The maximum atomic E-state index is 13.4. The van der Waals surface area contributed by atoms with Gasteiger partial charge < -0.3 is 14.5 Å². The number of carbonyl (C=O) groups is 1. The number of aromatic nitrogens is 2. The summed E-state index contributed by atoms with van der Waals surface area (Å²) in [6, 6.07) is 3.53. The van der Waals surface area contributed by atoms with Crippen molar-refractivity contribution in [2.45, 2.75) is 38.2 Å². The average Bonchev–Trinajstić information content (AvgIpc) is 2.78. The number of rotatable bonds is 4. The summed E-state index contributed by atoms with van der Waals surface area (Å²) in [6.07, 6.45) is -1.16. The summed E-state index contributed by atoms with van der Waals surface area (Å²) < 4.78 is 46.9. The normalized spacial score (nSPS) is 19.8. The summed E-state index contributed by atoms with van der Waals surface area (Å²) in [5, 5.41) is 4.05. The smallest absolute Gasteiger partial charge is 0.358 e. The van der Waals surface area contributed by atoms with E-state index >= 15 is 0 Å². The second kappa shape index (κ2) is 9.52. The number of amides is 1. The van der Waals surface area contributed by atoms with E-state index in [1.807, 2.05) is 0 Å². The molecule has 7 nitrogen and oxygen atoms in total. The van der Waals surface area contributed by atoms with E-state index in [2.05, 4.69) is 5.10 Å². The van der Waals surface area contributed by atoms with E-state index in [-0.39, 0.29) is 41.8 Å². The van der Waals surface area contributed by atoms with Gasteiger partial charge in [0, 0.05) is 36.8 Å². The Labute approximate surface area is 197 Å². The SMILES string of the molecule is O=C1CN(c2cnn(C3CCCCO3)c(=O)c2Cl)CCN1Cc1c(Cl)cccc1C(F)(F)F. The van der Waals surface area contributed by atoms with Crippen molar-refractivity contribution >= 4 is 34.8 Å². The van der Waals surface area contributed by atoms with Crippen molar-refractivity contribution in [2.24, 2.45) is 0 Å². The molecular weight excluding hydrogens is 484 g/mol. The number of benzene rings is 1. The minimum Gasteiger partial charge on any atom is -0.358 e. The largest absolute Gasteiger partial charge is 0.416 e. The van der Waals surface area contributed by atoms with Gasteiger partial charge in [-0.3, -0.25) is 9.59 Å². The summed E-state index contributed by atoms with van der Waals surface area (Å²) in [6.45, 7) is 0.509. The highest BCUT2D eigenvalue weighted by Crippen LogP contribution is 2.36. The molecule has 0 N–H and O–H groups in total. The van der Waals surface area contributed by atoms with Crippen molar-refractivity contribution in [1.82, 2.24) is 14.7 Å². The van der Waals surface area contributed by atoms with Crippen molar-refractivity contribution in [1.29, 1.82) is 0 Å². The number of halogens is 5. The number of hydrogen-bond acceptors (Lipinski definition) is 5. The quantitative estimate of drug-likeness (QED) is 0.626. The Morgan fingerprint density at radius 2 is 1.94 bits per heavy atom. The van der Waals surface area contributed by atoms with Crippen LogP contribution in [0.2, 0.25) is 10.0 Å². The standard InChI is InChI=1S/C21H21Cl2F3N4O3/c22-15-5-3-4-14(21(24,25)26)13(15)11-29-8-7-28(12-17(29)31)16-10-27-30(20(32)19(16)23)18-6-1-2-9-33-18/h3-5,10,18H,1-2,6-9,11-12H2. The van der Waals surface area contributed by atoms with E-state index in [0.29, 0.717) is 18.7 Å². The van der Waals surface area contributed by atoms with E-state index in [1.165, 1.54) is 27.9 Å². The molecule has 4 rings (SSSR count). The van der Waals surface area contributed by atoms with Gasteiger partial charge in [0.1, 0.15) is 5.02 Å². The predicted molar refractivity (Wildman–Crippen MR) is 116 cm³/mol. The van der Waals surface area contributed by atoms with Gasteiger partial charge in [-0.1, -0.05) is 29.3 Å². The third-order valence-electron chi connectivity index (χ3n) is 5.79. The first-order valence-electron chi connectivity index (χ1n) is 10.4. The fourth-order valence-corrected chi connectivity index (χ4v) is 4.52. The highest BCUT2D eigenvalue weighted by molar-refractivity contribution is 6.33. The number of anilines is 1. The van der Waals surface area contributed by atoms with Crippen LogP contribution in [0.5, 0.6) is 0 Å². The molecule has 0 saturated carbocycles. The lowest BCUT2D eigenvalue weighted by Crippen LogP contribution is -2.50. The number of ether oxygens (including phenoxy) is 1. The third-order valence-corrected chi connectivity index (χ3v) is 6.50. The number of alkyl halides is 3. The van der Waals surface area contributed by atoms with Crippen molar-refractivity contribution in [3.8, 4) is 0 Å². The van der Waals surface area contributed by atoms with Gasteiger partial charge >= 0.3 is 6.18 Å². The van der Waals surface area contributed by atoms with Crippen LogP contribution in [0.3, 0.4) is 0 Å². The molecule has 0 spiro atoms. The Hall–Kier alpha value is -2.30. The van der Waals surface area contributed by atoms with Crippen molar-refractivity contribution in [3.05, 3.63) is 55.9 Å². The molecule has 3 heterocycles. The maximum absolute atomic E-state index is 13.4. The second-order valence-corrected chi connectivity index (χ2v) is 8.70. The van der Waals surface area contributed by atoms with Crippen LogP contribution in [0.15, 0.2) is 29.2 Å². The number of nitrogens with zero attached hydrogens (tertiary/aromatic N) is 4. The molecule has 2 fully saturated rings. The van der Waals surface area contributed by atoms with E-state index < -0.39 is 29.4 Å². The van der Waals surface area contributed by atoms with Gasteiger partial charge in [0.05, 0.1) is 24.0 Å². The summed E-state index contributed by atoms with van der Waals surface area (Å²) >= 11 is 12.3. The van der Waals surface area contributed by atoms with Crippen molar-refractivity contribution < 1.29 is 22.7 Å². The molecule has 1 aromatic carbocycles. The van der Waals surface area contributed by atoms with Crippen LogP contribution in [0.1, 0.15) is 36.6 Å². The van der Waals surface area contributed by atoms with Crippen LogP contribution in [0, 0.1) is 0 Å². The number of hydrogen-bond donors (Lipinski definition) is 0. The van der Waals surface area contributed by atoms with E-state index in [9.17, 15) is 22.8 Å². The summed E-state index contributed by atoms with van der Waals surface area (Å²) in [4.78, 5) is 28.4. The first-order chi connectivity index (χ1) is 15.7. The zero-order valence-electron chi connectivity index (χ0n) is 17.4. The van der Waals surface area contributed by atoms with Crippen LogP contribution in [-0.4, -0.2) is 46.8 Å². The zero-order chi connectivity index (χ0) is 23.8. The van der Waals surface area contributed by atoms with Crippen molar-refractivity contribution in [2.75, 3.05) is 31.1 Å². The Kier molecular flexibility index (Phi) is 6.88. The monoisotopic (exact) mass is 504 g/mol. The maximum Gasteiger partial charge on any atom is 0.416 e. The summed E-state index contributed by atoms with van der Waals surface area (Å²) in [5.74, 6) is -0.412. The first kappa shape index (κ1) is 23.8. The fraction of sp³-hybridized carbons (Fsp3) is 0.476. The van der Waals surface area contributed by atoms with Gasteiger partial charge in [-0.05, 0) is 31.4 Å². The molecule has 1 atom stereocenters. The number of carbonyl (C=O) groups excluding carboxylic acids is 1. The third kappa shape index (κ3) is 4.97. The lowest BCUT2D eigenvalue weighted by molar-refractivity contribution is -0.140. The van der Waals surface area contributed by atoms with Crippen molar-refractivity contribution in [3.63, 3.8) is 0 Å². The topological polar surface area (TPSA) is 67.7 Å². The van der Waals surface area contributed by atoms with Gasteiger partial charge in [0.25, 0.3) is 5.56 Å². The zero-order valence-corrected chi connectivity index (χ0v) is 19.0. The molecule has 2 aliphatic rings. The molecule has 0 bridgehead atoms. The molecule has 1 amide bonds. The molecule has 2 saturated heterocycles. The van der Waals surface area contributed by atoms with Gasteiger partial charge in [0.15, 0.2) is 6.23 Å². The Balaban J connectivity index is 1.50. The first-order valence-corrected chi connectivity index (χ1v) is 11.2. The lowest BCUT2D eigenvalue weighted by Gasteiger charge is -2.36. The minimum absolute atomic E-state index is 0.0548. The van der Waals surface area contributed by atoms with Crippen LogP contribution >= 0.6 is 23.2 Å². The van der Waals surface area contributed by atoms with Gasteiger partial charge in [-0.2, -0.15) is 23.0 Å². The van der Waals surface area contributed by atoms with Crippen LogP contribution in [0.25, 0.3) is 0 Å². The van der Waals surface area contributed by atoms with Crippen LogP contribution < -0.4 is 10.5 Å². The molecule has 0 radical (unpaired) electrons. The van der Waals surface area contributed by atoms with E-state index in [0.717, 1.165) is 18.9 Å². The molecule has 33 heavy (non-hydrogen) atoms. The Bertz CT molecular complexity index is 1100. The molecular formula is C21H21Cl2F3N4O3. The molecule has 0 aliphatic carbocycles.